The number of hydrogen-bond donors (Lipinski definition) is 0. The molecule has 6 nitrogen and oxygen atoms in total. The first-order chi connectivity index (χ1) is 11.2. The van der Waals surface area contributed by atoms with Crippen LogP contribution < -0.4 is 4.90 Å². The molecule has 0 amide bonds. The summed E-state index contributed by atoms with van der Waals surface area (Å²) < 4.78 is 40.0. The van der Waals surface area contributed by atoms with E-state index in [2.05, 4.69) is 20.3 Å². The largest absolute Gasteiger partial charge is 0.453 e. The molecular formula is C14H15F3N6S. The molecule has 0 aromatic carbocycles. The van der Waals surface area contributed by atoms with Gasteiger partial charge in [-0.1, -0.05) is 0 Å². The van der Waals surface area contributed by atoms with Gasteiger partial charge in [0.15, 0.2) is 11.5 Å². The zero-order valence-electron chi connectivity index (χ0n) is 13.5. The van der Waals surface area contributed by atoms with Gasteiger partial charge in [0.05, 0.1) is 17.2 Å². The minimum absolute atomic E-state index is 0.112. The molecule has 0 radical (unpaired) electrons. The molecule has 3 aromatic rings. The topological polar surface area (TPSA) is 59.2 Å². The molecule has 0 atom stereocenters. The highest BCUT2D eigenvalue weighted by molar-refractivity contribution is 7.09. The van der Waals surface area contributed by atoms with Crippen LogP contribution >= 0.6 is 11.3 Å². The first kappa shape index (κ1) is 16.6. The number of thiazole rings is 1. The van der Waals surface area contributed by atoms with Gasteiger partial charge in [-0.2, -0.15) is 17.7 Å². The molecule has 0 aliphatic carbocycles. The van der Waals surface area contributed by atoms with E-state index in [9.17, 15) is 13.2 Å². The van der Waals surface area contributed by atoms with E-state index in [0.29, 0.717) is 17.9 Å². The van der Waals surface area contributed by atoms with E-state index in [0.717, 1.165) is 20.8 Å². The Morgan fingerprint density at radius 3 is 2.46 bits per heavy atom. The van der Waals surface area contributed by atoms with Crippen molar-refractivity contribution in [1.82, 2.24) is 24.8 Å². The Bertz CT molecular complexity index is 898. The number of aryl methyl sites for hydroxylation is 2. The number of anilines is 1. The van der Waals surface area contributed by atoms with Crippen molar-refractivity contribution in [2.24, 2.45) is 0 Å². The molecule has 3 aromatic heterocycles. The van der Waals surface area contributed by atoms with Gasteiger partial charge in [-0.05, 0) is 20.8 Å². The van der Waals surface area contributed by atoms with Gasteiger partial charge in [0.1, 0.15) is 0 Å². The molecule has 0 fully saturated rings. The maximum absolute atomic E-state index is 13.1. The van der Waals surface area contributed by atoms with E-state index in [-0.39, 0.29) is 5.65 Å². The van der Waals surface area contributed by atoms with Crippen molar-refractivity contribution in [2.75, 3.05) is 11.9 Å². The normalized spacial score (nSPS) is 12.1. The molecule has 128 valence electrons. The van der Waals surface area contributed by atoms with Crippen LogP contribution in [-0.4, -0.2) is 31.8 Å². The van der Waals surface area contributed by atoms with Gasteiger partial charge in [-0.15, -0.1) is 26.6 Å². The second-order valence-electron chi connectivity index (χ2n) is 5.54. The summed E-state index contributed by atoms with van der Waals surface area (Å²) in [5.41, 5.74) is 2.34. The number of alkyl halides is 3. The van der Waals surface area contributed by atoms with Crippen molar-refractivity contribution in [3.63, 3.8) is 0 Å². The van der Waals surface area contributed by atoms with Crippen LogP contribution in [0, 0.1) is 20.8 Å². The summed E-state index contributed by atoms with van der Waals surface area (Å²) in [6.07, 6.45) is -4.62. The Hall–Kier alpha value is -2.23. The Morgan fingerprint density at radius 1 is 1.17 bits per heavy atom. The lowest BCUT2D eigenvalue weighted by molar-refractivity contribution is -0.146. The molecule has 0 spiro atoms. The number of nitrogens with zero attached hydrogens (tertiary/aromatic N) is 6. The van der Waals surface area contributed by atoms with Crippen molar-refractivity contribution in [3.8, 4) is 0 Å². The van der Waals surface area contributed by atoms with Crippen LogP contribution in [0.2, 0.25) is 0 Å². The van der Waals surface area contributed by atoms with Crippen LogP contribution in [0.1, 0.15) is 27.7 Å². The third kappa shape index (κ3) is 2.81. The van der Waals surface area contributed by atoms with Gasteiger partial charge >= 0.3 is 6.18 Å². The fourth-order valence-electron chi connectivity index (χ4n) is 2.45. The Morgan fingerprint density at radius 2 is 1.88 bits per heavy atom. The van der Waals surface area contributed by atoms with Gasteiger partial charge in [0, 0.05) is 23.6 Å². The summed E-state index contributed by atoms with van der Waals surface area (Å²) in [4.78, 5) is 6.15. The third-order valence-electron chi connectivity index (χ3n) is 3.75. The Labute approximate surface area is 140 Å². The maximum atomic E-state index is 13.1. The molecular weight excluding hydrogens is 341 g/mol. The summed E-state index contributed by atoms with van der Waals surface area (Å²) in [5, 5.41) is 13.9. The van der Waals surface area contributed by atoms with Crippen LogP contribution in [0.25, 0.3) is 5.65 Å². The fraction of sp³-hybridized carbons (Fsp3) is 0.429. The van der Waals surface area contributed by atoms with Crippen LogP contribution in [-0.2, 0) is 12.7 Å². The predicted molar refractivity (Wildman–Crippen MR) is 84.2 cm³/mol. The number of fused-ring (bicyclic) bond motifs is 1. The minimum Gasteiger partial charge on any atom is -0.352 e. The van der Waals surface area contributed by atoms with Crippen molar-refractivity contribution >= 4 is 22.8 Å². The fourth-order valence-corrected chi connectivity index (χ4v) is 3.06. The molecule has 0 bridgehead atoms. The molecule has 10 heteroatoms. The van der Waals surface area contributed by atoms with Crippen molar-refractivity contribution < 1.29 is 13.2 Å². The lowest BCUT2D eigenvalue weighted by Gasteiger charge is -2.20. The average Bonchev–Trinajstić information content (AvgIpc) is 3.08. The lowest BCUT2D eigenvalue weighted by atomic mass is 10.2. The predicted octanol–water partition coefficient (Wildman–Crippen LogP) is 3.16. The van der Waals surface area contributed by atoms with Crippen LogP contribution in [0.4, 0.5) is 19.0 Å². The summed E-state index contributed by atoms with van der Waals surface area (Å²) in [5.74, 6) is -0.685. The molecule has 24 heavy (non-hydrogen) atoms. The Balaban J connectivity index is 2.08. The second-order valence-corrected chi connectivity index (χ2v) is 6.61. The highest BCUT2D eigenvalue weighted by atomic mass is 32.1. The van der Waals surface area contributed by atoms with E-state index in [1.807, 2.05) is 19.2 Å². The van der Waals surface area contributed by atoms with Crippen molar-refractivity contribution in [3.05, 3.63) is 33.0 Å². The minimum atomic E-state index is -4.62. The van der Waals surface area contributed by atoms with E-state index in [4.69, 9.17) is 0 Å². The number of hydrogen-bond acceptors (Lipinski definition) is 6. The highest BCUT2D eigenvalue weighted by Crippen LogP contribution is 2.30. The molecule has 3 rings (SSSR count). The van der Waals surface area contributed by atoms with Crippen molar-refractivity contribution in [1.29, 1.82) is 0 Å². The molecule has 0 saturated carbocycles. The van der Waals surface area contributed by atoms with Gasteiger partial charge in [0.2, 0.25) is 0 Å². The Kier molecular flexibility index (Phi) is 3.94. The molecule has 0 saturated heterocycles. The number of halogens is 3. The van der Waals surface area contributed by atoms with Crippen LogP contribution in [0.15, 0.2) is 5.38 Å². The number of rotatable bonds is 3. The quantitative estimate of drug-likeness (QED) is 0.721. The average molecular weight is 356 g/mol. The first-order valence-corrected chi connectivity index (χ1v) is 7.98. The molecule has 0 unspecified atom stereocenters. The van der Waals surface area contributed by atoms with Gasteiger partial charge in [-0.3, -0.25) is 0 Å². The summed E-state index contributed by atoms with van der Waals surface area (Å²) in [6.45, 7) is 5.88. The molecule has 0 aliphatic heterocycles. The van der Waals surface area contributed by atoms with E-state index in [1.54, 1.807) is 18.9 Å². The zero-order valence-corrected chi connectivity index (χ0v) is 14.3. The number of aromatic nitrogens is 5. The summed E-state index contributed by atoms with van der Waals surface area (Å²) in [7, 11) is 1.77. The molecule has 0 aliphatic rings. The second kappa shape index (κ2) is 5.69. The maximum Gasteiger partial charge on any atom is 0.453 e. The lowest BCUT2D eigenvalue weighted by Crippen LogP contribution is -2.22. The molecule has 0 N–H and O–H groups in total. The SMILES string of the molecule is Cc1nc(CN(C)c2nn3c(C(F)(F)F)nnc3c(C)c2C)cs1. The van der Waals surface area contributed by atoms with Gasteiger partial charge in [-0.25, -0.2) is 4.98 Å². The van der Waals surface area contributed by atoms with Gasteiger partial charge in [0.25, 0.3) is 5.82 Å². The summed E-state index contributed by atoms with van der Waals surface area (Å²) >= 11 is 1.53. The van der Waals surface area contributed by atoms with E-state index < -0.39 is 12.0 Å². The standard InChI is InChI=1S/C14H15F3N6S/c1-7-8(2)12(22(4)5-10-6-24-9(3)18-10)21-23-11(7)19-20-13(23)14(15,16)17/h6H,5H2,1-4H3. The van der Waals surface area contributed by atoms with Crippen LogP contribution in [0.3, 0.4) is 0 Å². The summed E-state index contributed by atoms with van der Waals surface area (Å²) in [6, 6.07) is 0. The van der Waals surface area contributed by atoms with E-state index >= 15 is 0 Å². The third-order valence-corrected chi connectivity index (χ3v) is 4.57. The monoisotopic (exact) mass is 356 g/mol. The first-order valence-electron chi connectivity index (χ1n) is 7.10. The highest BCUT2D eigenvalue weighted by Gasteiger charge is 2.38. The van der Waals surface area contributed by atoms with Crippen molar-refractivity contribution in [2.45, 2.75) is 33.5 Å². The zero-order chi connectivity index (χ0) is 17.6. The van der Waals surface area contributed by atoms with E-state index in [1.165, 1.54) is 11.3 Å². The van der Waals surface area contributed by atoms with Crippen LogP contribution in [0.5, 0.6) is 0 Å². The smallest absolute Gasteiger partial charge is 0.352 e. The molecule has 3 heterocycles. The van der Waals surface area contributed by atoms with Gasteiger partial charge < -0.3 is 4.90 Å².